The summed E-state index contributed by atoms with van der Waals surface area (Å²) in [5.41, 5.74) is 4.63. The molecule has 0 atom stereocenters. The zero-order chi connectivity index (χ0) is 22.8. The fraction of sp³-hybridized carbons (Fsp3) is 0.125. The van der Waals surface area contributed by atoms with Crippen LogP contribution in [0.5, 0.6) is 5.75 Å². The van der Waals surface area contributed by atoms with Gasteiger partial charge in [-0.05, 0) is 35.9 Å². The number of carbonyl (C=O) groups is 2. The average Bonchev–Trinajstić information content (AvgIpc) is 2.79. The van der Waals surface area contributed by atoms with Crippen molar-refractivity contribution in [3.05, 3.63) is 94.0 Å². The van der Waals surface area contributed by atoms with E-state index in [0.29, 0.717) is 28.1 Å². The first-order valence-corrected chi connectivity index (χ1v) is 10.6. The molecular formula is C24H21Cl2N3O3. The van der Waals surface area contributed by atoms with Crippen molar-refractivity contribution in [3.8, 4) is 5.75 Å². The van der Waals surface area contributed by atoms with Crippen LogP contribution < -0.4 is 15.5 Å². The molecule has 0 bridgehead atoms. The first kappa shape index (κ1) is 23.3. The Bertz CT molecular complexity index is 1100. The van der Waals surface area contributed by atoms with Crippen LogP contribution in [0.1, 0.15) is 24.0 Å². The van der Waals surface area contributed by atoms with Gasteiger partial charge in [0.1, 0.15) is 12.4 Å². The molecule has 0 fully saturated rings. The molecule has 2 amide bonds. The maximum Gasteiger partial charge on any atom is 0.240 e. The monoisotopic (exact) mass is 469 g/mol. The van der Waals surface area contributed by atoms with Crippen LogP contribution in [0, 0.1) is 0 Å². The largest absolute Gasteiger partial charge is 0.488 e. The second kappa shape index (κ2) is 11.9. The van der Waals surface area contributed by atoms with Crippen LogP contribution in [-0.2, 0) is 16.2 Å². The van der Waals surface area contributed by atoms with E-state index >= 15 is 0 Å². The van der Waals surface area contributed by atoms with E-state index in [1.165, 1.54) is 12.3 Å². The summed E-state index contributed by atoms with van der Waals surface area (Å²) in [6.07, 6.45) is 1.46. The van der Waals surface area contributed by atoms with Crippen LogP contribution >= 0.6 is 23.2 Å². The number of amides is 2. The SMILES string of the molecule is O=C(CCC(=O)Nc1ccc(Cl)cc1Cl)NN=Cc1ccccc1OCc1ccccc1. The second-order valence-electron chi connectivity index (χ2n) is 6.78. The Morgan fingerprint density at radius 1 is 0.906 bits per heavy atom. The lowest BCUT2D eigenvalue weighted by molar-refractivity contribution is -0.124. The van der Waals surface area contributed by atoms with Gasteiger partial charge in [0.05, 0.1) is 16.9 Å². The van der Waals surface area contributed by atoms with Crippen molar-refractivity contribution < 1.29 is 14.3 Å². The van der Waals surface area contributed by atoms with Crippen molar-refractivity contribution in [3.63, 3.8) is 0 Å². The molecule has 3 rings (SSSR count). The quantitative estimate of drug-likeness (QED) is 0.323. The first-order chi connectivity index (χ1) is 15.5. The Kier molecular flexibility index (Phi) is 8.66. The Labute approximate surface area is 196 Å². The molecule has 8 heteroatoms. The smallest absolute Gasteiger partial charge is 0.240 e. The van der Waals surface area contributed by atoms with Crippen LogP contribution in [-0.4, -0.2) is 18.0 Å². The van der Waals surface area contributed by atoms with Crippen LogP contribution in [0.25, 0.3) is 0 Å². The number of nitrogens with zero attached hydrogens (tertiary/aromatic N) is 1. The molecule has 32 heavy (non-hydrogen) atoms. The third kappa shape index (κ3) is 7.41. The molecule has 6 nitrogen and oxygen atoms in total. The van der Waals surface area contributed by atoms with E-state index in [9.17, 15) is 9.59 Å². The number of para-hydroxylation sites is 1. The molecule has 0 aliphatic heterocycles. The molecule has 0 aromatic heterocycles. The number of anilines is 1. The summed E-state index contributed by atoms with van der Waals surface area (Å²) in [6.45, 7) is 0.421. The molecule has 0 aliphatic carbocycles. The minimum atomic E-state index is -0.388. The highest BCUT2D eigenvalue weighted by molar-refractivity contribution is 6.36. The van der Waals surface area contributed by atoms with E-state index in [1.807, 2.05) is 54.6 Å². The molecular weight excluding hydrogens is 449 g/mol. The lowest BCUT2D eigenvalue weighted by Crippen LogP contribution is -2.20. The number of hydrogen-bond acceptors (Lipinski definition) is 4. The number of nitrogens with one attached hydrogen (secondary N) is 2. The Morgan fingerprint density at radius 3 is 2.41 bits per heavy atom. The molecule has 164 valence electrons. The summed E-state index contributed by atoms with van der Waals surface area (Å²) < 4.78 is 5.86. The van der Waals surface area contributed by atoms with Crippen LogP contribution in [0.2, 0.25) is 10.0 Å². The Balaban J connectivity index is 1.46. The molecule has 2 N–H and O–H groups in total. The lowest BCUT2D eigenvalue weighted by atomic mass is 10.2. The molecule has 0 radical (unpaired) electrons. The molecule has 0 heterocycles. The maximum absolute atomic E-state index is 12.0. The van der Waals surface area contributed by atoms with Gasteiger partial charge in [0.25, 0.3) is 0 Å². The van der Waals surface area contributed by atoms with Crippen molar-refractivity contribution in [1.82, 2.24) is 5.43 Å². The van der Waals surface area contributed by atoms with Crippen molar-refractivity contribution in [2.75, 3.05) is 5.32 Å². The number of hydrogen-bond donors (Lipinski definition) is 2. The van der Waals surface area contributed by atoms with Gasteiger partial charge >= 0.3 is 0 Å². The van der Waals surface area contributed by atoms with Gasteiger partial charge < -0.3 is 10.1 Å². The van der Waals surface area contributed by atoms with Crippen LogP contribution in [0.15, 0.2) is 77.9 Å². The minimum absolute atomic E-state index is 0.0168. The van der Waals surface area contributed by atoms with Gasteiger partial charge in [0.2, 0.25) is 11.8 Å². The molecule has 3 aromatic carbocycles. The minimum Gasteiger partial charge on any atom is -0.488 e. The van der Waals surface area contributed by atoms with Crippen molar-refractivity contribution in [2.45, 2.75) is 19.4 Å². The molecule has 0 unspecified atom stereocenters. The summed E-state index contributed by atoms with van der Waals surface area (Å²) in [7, 11) is 0. The third-order valence-electron chi connectivity index (χ3n) is 4.33. The molecule has 0 saturated carbocycles. The summed E-state index contributed by atoms with van der Waals surface area (Å²) in [5, 5.41) is 7.41. The Hall–Kier alpha value is -3.35. The summed E-state index contributed by atoms with van der Waals surface area (Å²) >= 11 is 11.9. The van der Waals surface area contributed by atoms with Crippen molar-refractivity contribution in [2.24, 2.45) is 5.10 Å². The fourth-order valence-corrected chi connectivity index (χ4v) is 3.17. The highest BCUT2D eigenvalue weighted by Gasteiger charge is 2.09. The predicted molar refractivity (Wildman–Crippen MR) is 127 cm³/mol. The molecule has 0 spiro atoms. The first-order valence-electron chi connectivity index (χ1n) is 9.84. The van der Waals surface area contributed by atoms with E-state index in [-0.39, 0.29) is 24.7 Å². The van der Waals surface area contributed by atoms with Gasteiger partial charge in [-0.1, -0.05) is 65.7 Å². The normalized spacial score (nSPS) is 10.7. The van der Waals surface area contributed by atoms with Gasteiger partial charge in [-0.3, -0.25) is 9.59 Å². The van der Waals surface area contributed by atoms with Crippen LogP contribution in [0.4, 0.5) is 5.69 Å². The van der Waals surface area contributed by atoms with Crippen molar-refractivity contribution >= 4 is 46.9 Å². The standard InChI is InChI=1S/C24H21Cl2N3O3/c25-19-10-11-21(20(26)14-19)28-23(30)12-13-24(31)29-27-15-18-8-4-5-9-22(18)32-16-17-6-2-1-3-7-17/h1-11,14-15H,12-13,16H2,(H,28,30)(H,29,31). The number of benzene rings is 3. The second-order valence-corrected chi connectivity index (χ2v) is 7.62. The van der Waals surface area contributed by atoms with E-state index in [0.717, 1.165) is 11.1 Å². The maximum atomic E-state index is 12.0. The molecule has 0 aliphatic rings. The summed E-state index contributed by atoms with van der Waals surface area (Å²) in [6, 6.07) is 21.9. The highest BCUT2D eigenvalue weighted by Crippen LogP contribution is 2.25. The third-order valence-corrected chi connectivity index (χ3v) is 4.88. The van der Waals surface area contributed by atoms with E-state index in [4.69, 9.17) is 27.9 Å². The number of rotatable bonds is 9. The topological polar surface area (TPSA) is 79.8 Å². The number of halogens is 2. The number of hydrazone groups is 1. The zero-order valence-electron chi connectivity index (χ0n) is 17.1. The van der Waals surface area contributed by atoms with E-state index in [1.54, 1.807) is 12.1 Å². The van der Waals surface area contributed by atoms with Gasteiger partial charge in [-0.15, -0.1) is 0 Å². The Morgan fingerprint density at radius 2 is 1.62 bits per heavy atom. The van der Waals surface area contributed by atoms with Gasteiger partial charge in [0, 0.05) is 23.4 Å². The number of carbonyl (C=O) groups excluding carboxylic acids is 2. The number of ether oxygens (including phenoxy) is 1. The molecule has 0 saturated heterocycles. The fourth-order valence-electron chi connectivity index (χ4n) is 2.71. The lowest BCUT2D eigenvalue weighted by Gasteiger charge is -2.09. The summed E-state index contributed by atoms with van der Waals surface area (Å²) in [5.74, 6) is -0.0807. The van der Waals surface area contributed by atoms with Crippen LogP contribution in [0.3, 0.4) is 0 Å². The average molecular weight is 470 g/mol. The van der Waals surface area contributed by atoms with Gasteiger partial charge in [-0.25, -0.2) is 5.43 Å². The molecule has 3 aromatic rings. The predicted octanol–water partition coefficient (Wildman–Crippen LogP) is 5.44. The van der Waals surface area contributed by atoms with Gasteiger partial charge in [0.15, 0.2) is 0 Å². The van der Waals surface area contributed by atoms with Crippen molar-refractivity contribution in [1.29, 1.82) is 0 Å². The van der Waals surface area contributed by atoms with E-state index < -0.39 is 0 Å². The van der Waals surface area contributed by atoms with Gasteiger partial charge in [-0.2, -0.15) is 5.10 Å². The zero-order valence-corrected chi connectivity index (χ0v) is 18.6. The highest BCUT2D eigenvalue weighted by atomic mass is 35.5. The summed E-state index contributed by atoms with van der Waals surface area (Å²) in [4.78, 5) is 24.1. The van der Waals surface area contributed by atoms with E-state index in [2.05, 4.69) is 15.8 Å².